The number of nitrogens with zero attached hydrogens (tertiary/aromatic N) is 3. The fourth-order valence-corrected chi connectivity index (χ4v) is 3.05. The molecule has 0 bridgehead atoms. The van der Waals surface area contributed by atoms with Crippen molar-refractivity contribution in [2.24, 2.45) is 5.92 Å². The van der Waals surface area contributed by atoms with Crippen LogP contribution in [0.1, 0.15) is 12.8 Å². The van der Waals surface area contributed by atoms with E-state index in [0.29, 0.717) is 36.8 Å². The second-order valence-corrected chi connectivity index (χ2v) is 5.86. The molecule has 0 aliphatic carbocycles. The van der Waals surface area contributed by atoms with Gasteiger partial charge in [0, 0.05) is 18.5 Å². The van der Waals surface area contributed by atoms with Gasteiger partial charge in [-0.1, -0.05) is 12.1 Å². The third-order valence-electron chi connectivity index (χ3n) is 4.43. The lowest BCUT2D eigenvalue weighted by Crippen LogP contribution is -2.42. The van der Waals surface area contributed by atoms with E-state index in [9.17, 15) is 14.4 Å². The summed E-state index contributed by atoms with van der Waals surface area (Å²) in [6, 6.07) is 7.10. The van der Waals surface area contributed by atoms with Crippen molar-refractivity contribution in [2.45, 2.75) is 19.4 Å². The molecule has 1 saturated heterocycles. The number of carbonyl (C=O) groups is 2. The van der Waals surface area contributed by atoms with E-state index in [1.54, 1.807) is 27.8 Å². The quantitative estimate of drug-likeness (QED) is 0.778. The molecule has 2 heterocycles. The molecule has 0 unspecified atom stereocenters. The number of benzene rings is 1. The van der Waals surface area contributed by atoms with Crippen molar-refractivity contribution in [1.82, 2.24) is 14.7 Å². The summed E-state index contributed by atoms with van der Waals surface area (Å²) in [5.41, 5.74) is 0.482. The first kappa shape index (κ1) is 16.2. The number of carbonyl (C=O) groups excluding carboxylic acids is 2. The van der Waals surface area contributed by atoms with Gasteiger partial charge in [0.1, 0.15) is 6.54 Å². The molecule has 0 atom stereocenters. The number of para-hydroxylation sites is 1. The van der Waals surface area contributed by atoms with Crippen molar-refractivity contribution in [3.63, 3.8) is 0 Å². The summed E-state index contributed by atoms with van der Waals surface area (Å²) in [5, 5.41) is 4.63. The van der Waals surface area contributed by atoms with Crippen LogP contribution in [-0.4, -0.2) is 46.8 Å². The highest BCUT2D eigenvalue weighted by Crippen LogP contribution is 2.19. The minimum atomic E-state index is -0.213. The summed E-state index contributed by atoms with van der Waals surface area (Å²) in [4.78, 5) is 37.6. The molecular formula is C17H19N3O4. The molecule has 1 aliphatic rings. The largest absolute Gasteiger partial charge is 0.469 e. The number of methoxy groups -OCH3 is 1. The summed E-state index contributed by atoms with van der Waals surface area (Å²) >= 11 is 0. The van der Waals surface area contributed by atoms with Crippen molar-refractivity contribution in [3.05, 3.63) is 40.7 Å². The van der Waals surface area contributed by atoms with Crippen LogP contribution in [0.15, 0.2) is 35.3 Å². The maximum absolute atomic E-state index is 12.5. The summed E-state index contributed by atoms with van der Waals surface area (Å²) in [6.45, 7) is 1.12. The average Bonchev–Trinajstić information content (AvgIpc) is 2.63. The highest BCUT2D eigenvalue weighted by atomic mass is 16.5. The van der Waals surface area contributed by atoms with E-state index in [1.807, 2.05) is 6.07 Å². The first-order valence-corrected chi connectivity index (χ1v) is 7.90. The minimum Gasteiger partial charge on any atom is -0.469 e. The molecule has 0 saturated carbocycles. The highest BCUT2D eigenvalue weighted by molar-refractivity contribution is 5.81. The van der Waals surface area contributed by atoms with Crippen LogP contribution in [0.2, 0.25) is 0 Å². The molecule has 1 aromatic carbocycles. The van der Waals surface area contributed by atoms with Crippen LogP contribution < -0.4 is 5.43 Å². The van der Waals surface area contributed by atoms with Crippen molar-refractivity contribution in [1.29, 1.82) is 0 Å². The Hall–Kier alpha value is -2.70. The molecule has 0 N–H and O–H groups in total. The molecule has 1 fully saturated rings. The van der Waals surface area contributed by atoms with Crippen LogP contribution in [0.4, 0.5) is 0 Å². The molecule has 2 aromatic rings. The van der Waals surface area contributed by atoms with Crippen LogP contribution in [0.3, 0.4) is 0 Å². The lowest BCUT2D eigenvalue weighted by molar-refractivity contribution is -0.149. The van der Waals surface area contributed by atoms with Crippen LogP contribution in [0.5, 0.6) is 0 Å². The summed E-state index contributed by atoms with van der Waals surface area (Å²) < 4.78 is 6.30. The Kier molecular flexibility index (Phi) is 4.59. The Labute approximate surface area is 138 Å². The van der Waals surface area contributed by atoms with Gasteiger partial charge in [0.15, 0.2) is 0 Å². The van der Waals surface area contributed by atoms with Crippen molar-refractivity contribution >= 4 is 22.8 Å². The van der Waals surface area contributed by atoms with E-state index >= 15 is 0 Å². The zero-order valence-corrected chi connectivity index (χ0v) is 13.5. The number of amides is 1. The number of ether oxygens (including phenoxy) is 1. The zero-order valence-electron chi connectivity index (χ0n) is 13.5. The molecule has 1 aliphatic heterocycles. The lowest BCUT2D eigenvalue weighted by Gasteiger charge is -2.30. The molecule has 0 radical (unpaired) electrons. The predicted octanol–water partition coefficient (Wildman–Crippen LogP) is 0.808. The zero-order chi connectivity index (χ0) is 17.1. The molecular weight excluding hydrogens is 310 g/mol. The number of hydrogen-bond donors (Lipinski definition) is 0. The van der Waals surface area contributed by atoms with Gasteiger partial charge in [-0.2, -0.15) is 5.10 Å². The van der Waals surface area contributed by atoms with Crippen molar-refractivity contribution in [3.8, 4) is 0 Å². The number of fused-ring (bicyclic) bond motifs is 1. The van der Waals surface area contributed by atoms with E-state index < -0.39 is 0 Å². The molecule has 7 nitrogen and oxygen atoms in total. The summed E-state index contributed by atoms with van der Waals surface area (Å²) in [7, 11) is 1.38. The van der Waals surface area contributed by atoms with Gasteiger partial charge in [-0.25, -0.2) is 0 Å². The Balaban J connectivity index is 1.71. The van der Waals surface area contributed by atoms with Crippen LogP contribution >= 0.6 is 0 Å². The average molecular weight is 329 g/mol. The van der Waals surface area contributed by atoms with E-state index in [0.717, 1.165) is 0 Å². The monoisotopic (exact) mass is 329 g/mol. The Bertz CT molecular complexity index is 822. The molecule has 24 heavy (non-hydrogen) atoms. The maximum Gasteiger partial charge on any atom is 0.308 e. The van der Waals surface area contributed by atoms with Gasteiger partial charge in [0.25, 0.3) is 0 Å². The predicted molar refractivity (Wildman–Crippen MR) is 87.3 cm³/mol. The number of piperidine rings is 1. The van der Waals surface area contributed by atoms with Gasteiger partial charge >= 0.3 is 5.97 Å². The first-order chi connectivity index (χ1) is 11.6. The van der Waals surface area contributed by atoms with Gasteiger partial charge < -0.3 is 9.64 Å². The number of hydrogen-bond acceptors (Lipinski definition) is 5. The molecule has 1 amide bonds. The number of rotatable bonds is 3. The van der Waals surface area contributed by atoms with Crippen LogP contribution in [0, 0.1) is 5.92 Å². The summed E-state index contributed by atoms with van der Waals surface area (Å²) in [6.07, 6.45) is 2.45. The van der Waals surface area contributed by atoms with Gasteiger partial charge in [-0.3, -0.25) is 19.1 Å². The third kappa shape index (κ3) is 3.15. The fourth-order valence-electron chi connectivity index (χ4n) is 3.05. The Morgan fingerprint density at radius 2 is 1.96 bits per heavy atom. The van der Waals surface area contributed by atoms with Gasteiger partial charge in [0.2, 0.25) is 11.3 Å². The third-order valence-corrected chi connectivity index (χ3v) is 4.43. The van der Waals surface area contributed by atoms with Crippen molar-refractivity contribution in [2.75, 3.05) is 20.2 Å². The molecule has 7 heteroatoms. The number of likely N-dealkylation sites (tertiary alicyclic amines) is 1. The second kappa shape index (κ2) is 6.82. The van der Waals surface area contributed by atoms with E-state index in [-0.39, 0.29) is 29.8 Å². The summed E-state index contributed by atoms with van der Waals surface area (Å²) in [5.74, 6) is -0.416. The number of aromatic nitrogens is 2. The van der Waals surface area contributed by atoms with E-state index in [4.69, 9.17) is 4.74 Å². The molecule has 126 valence electrons. The normalized spacial score (nSPS) is 15.5. The second-order valence-electron chi connectivity index (χ2n) is 5.86. The topological polar surface area (TPSA) is 81.5 Å². The molecule has 1 aromatic heterocycles. The van der Waals surface area contributed by atoms with Gasteiger partial charge in [-0.05, 0) is 25.0 Å². The minimum absolute atomic E-state index is 0.0698. The standard InChI is InChI=1S/C17H19N3O4/c1-24-17(23)12-6-8-19(9-7-12)16(22)11-20-14-5-3-2-4-13(14)15(21)10-18-20/h2-5,10,12H,6-9,11H2,1H3. The SMILES string of the molecule is COC(=O)C1CCN(C(=O)Cn2ncc(=O)c3ccccc32)CC1. The van der Waals surface area contributed by atoms with Crippen molar-refractivity contribution < 1.29 is 14.3 Å². The van der Waals surface area contributed by atoms with E-state index in [2.05, 4.69) is 5.10 Å². The Morgan fingerprint density at radius 1 is 1.25 bits per heavy atom. The van der Waals surface area contributed by atoms with Crippen LogP contribution in [0.25, 0.3) is 10.9 Å². The maximum atomic E-state index is 12.5. The van der Waals surface area contributed by atoms with Gasteiger partial charge in [-0.15, -0.1) is 0 Å². The van der Waals surface area contributed by atoms with E-state index in [1.165, 1.54) is 13.3 Å². The van der Waals surface area contributed by atoms with Gasteiger partial charge in [0.05, 0.1) is 24.7 Å². The molecule has 0 spiro atoms. The Morgan fingerprint density at radius 3 is 2.67 bits per heavy atom. The first-order valence-electron chi connectivity index (χ1n) is 7.90. The smallest absolute Gasteiger partial charge is 0.308 e. The number of esters is 1. The van der Waals surface area contributed by atoms with Crippen LogP contribution in [-0.2, 0) is 20.9 Å². The fraction of sp³-hybridized carbons (Fsp3) is 0.412. The lowest BCUT2D eigenvalue weighted by atomic mass is 9.97. The molecule has 3 rings (SSSR count). The highest BCUT2D eigenvalue weighted by Gasteiger charge is 2.28.